The highest BCUT2D eigenvalue weighted by Crippen LogP contribution is 2.36. The molecule has 6 heteroatoms. The number of nitrogens with zero attached hydrogens (tertiary/aromatic N) is 1. The number of amides is 1. The third-order valence-corrected chi connectivity index (χ3v) is 5.18. The second-order valence-electron chi connectivity index (χ2n) is 6.78. The Morgan fingerprint density at radius 1 is 1.15 bits per heavy atom. The van der Waals surface area contributed by atoms with Crippen molar-refractivity contribution in [1.82, 2.24) is 20.5 Å². The maximum atomic E-state index is 13.7. The van der Waals surface area contributed by atoms with Gasteiger partial charge in [-0.3, -0.25) is 9.89 Å². The zero-order valence-corrected chi connectivity index (χ0v) is 14.5. The van der Waals surface area contributed by atoms with Gasteiger partial charge in [0.2, 0.25) is 0 Å². The number of fused-ring (bicyclic) bond motifs is 5. The molecule has 0 saturated heterocycles. The lowest BCUT2D eigenvalue weighted by atomic mass is 9.93. The highest BCUT2D eigenvalue weighted by molar-refractivity contribution is 6.00. The lowest BCUT2D eigenvalue weighted by Gasteiger charge is -2.11. The first-order chi connectivity index (χ1) is 13.2. The van der Waals surface area contributed by atoms with E-state index in [-0.39, 0.29) is 18.3 Å². The van der Waals surface area contributed by atoms with Gasteiger partial charge in [-0.2, -0.15) is 5.10 Å². The SMILES string of the molecule is O=C(NCc1ccccc1F)c1ccc2[nH]c3c(c2c1)CCc1cn[nH]c1-3. The Morgan fingerprint density at radius 2 is 2.04 bits per heavy atom. The largest absolute Gasteiger partial charge is 0.353 e. The van der Waals surface area contributed by atoms with Gasteiger partial charge >= 0.3 is 0 Å². The molecule has 1 aliphatic rings. The Morgan fingerprint density at radius 3 is 2.93 bits per heavy atom. The van der Waals surface area contributed by atoms with E-state index in [2.05, 4.69) is 20.5 Å². The Balaban J connectivity index is 1.45. The molecule has 2 aromatic carbocycles. The smallest absolute Gasteiger partial charge is 0.251 e. The van der Waals surface area contributed by atoms with Gasteiger partial charge in [-0.15, -0.1) is 0 Å². The molecule has 1 amide bonds. The van der Waals surface area contributed by atoms with E-state index in [4.69, 9.17) is 0 Å². The Bertz CT molecular complexity index is 1170. The van der Waals surface area contributed by atoms with Crippen molar-refractivity contribution in [2.75, 3.05) is 0 Å². The molecule has 4 aromatic rings. The van der Waals surface area contributed by atoms with Gasteiger partial charge in [0, 0.05) is 28.6 Å². The van der Waals surface area contributed by atoms with Crippen LogP contribution in [0.1, 0.15) is 27.0 Å². The zero-order valence-electron chi connectivity index (χ0n) is 14.5. The van der Waals surface area contributed by atoms with Crippen molar-refractivity contribution in [2.24, 2.45) is 0 Å². The van der Waals surface area contributed by atoms with Gasteiger partial charge in [0.1, 0.15) is 5.82 Å². The first-order valence-electron chi connectivity index (χ1n) is 8.89. The molecule has 0 spiro atoms. The number of nitrogens with one attached hydrogen (secondary N) is 3. The van der Waals surface area contributed by atoms with Crippen LogP contribution in [0.15, 0.2) is 48.7 Å². The average molecular weight is 360 g/mol. The minimum atomic E-state index is -0.316. The van der Waals surface area contributed by atoms with Crippen LogP contribution in [0.25, 0.3) is 22.3 Å². The Hall–Kier alpha value is -3.41. The maximum absolute atomic E-state index is 13.7. The van der Waals surface area contributed by atoms with E-state index in [0.717, 1.165) is 35.1 Å². The first kappa shape index (κ1) is 15.8. The van der Waals surface area contributed by atoms with Crippen LogP contribution in [0, 0.1) is 5.82 Å². The van der Waals surface area contributed by atoms with Crippen molar-refractivity contribution in [3.05, 3.63) is 76.7 Å². The molecule has 134 valence electrons. The van der Waals surface area contributed by atoms with Gasteiger partial charge in [-0.05, 0) is 48.2 Å². The first-order valence-corrected chi connectivity index (χ1v) is 8.89. The van der Waals surface area contributed by atoms with Crippen molar-refractivity contribution >= 4 is 16.8 Å². The second-order valence-corrected chi connectivity index (χ2v) is 6.78. The molecule has 0 atom stereocenters. The number of rotatable bonds is 3. The minimum Gasteiger partial charge on any atom is -0.353 e. The summed E-state index contributed by atoms with van der Waals surface area (Å²) < 4.78 is 13.7. The van der Waals surface area contributed by atoms with Crippen LogP contribution in [0.4, 0.5) is 4.39 Å². The number of halogens is 1. The van der Waals surface area contributed by atoms with E-state index < -0.39 is 0 Å². The molecule has 2 aromatic heterocycles. The van der Waals surface area contributed by atoms with Crippen LogP contribution in [0.3, 0.4) is 0 Å². The van der Waals surface area contributed by atoms with Gasteiger partial charge in [0.25, 0.3) is 5.91 Å². The van der Waals surface area contributed by atoms with Crippen molar-refractivity contribution in [3.63, 3.8) is 0 Å². The van der Waals surface area contributed by atoms with E-state index >= 15 is 0 Å². The fourth-order valence-corrected chi connectivity index (χ4v) is 3.76. The molecule has 0 bridgehead atoms. The molecule has 0 unspecified atom stereocenters. The summed E-state index contributed by atoms with van der Waals surface area (Å²) in [6, 6.07) is 12.1. The number of carbonyl (C=O) groups excluding carboxylic acids is 1. The van der Waals surface area contributed by atoms with E-state index in [0.29, 0.717) is 11.1 Å². The van der Waals surface area contributed by atoms with E-state index in [1.54, 1.807) is 24.3 Å². The summed E-state index contributed by atoms with van der Waals surface area (Å²) in [6.45, 7) is 0.159. The van der Waals surface area contributed by atoms with Gasteiger partial charge in [0.15, 0.2) is 0 Å². The molecule has 1 aliphatic carbocycles. The lowest BCUT2D eigenvalue weighted by molar-refractivity contribution is 0.0950. The summed E-state index contributed by atoms with van der Waals surface area (Å²) >= 11 is 0. The standard InChI is InChI=1S/C21H17FN4O/c22-17-4-2-1-3-13(17)10-23-21(27)12-6-8-18-16(9-12)15-7-5-14-11-24-26-19(14)20(15)25-18/h1-4,6,8-9,11,25H,5,7,10H2,(H,23,27)(H,24,26). The summed E-state index contributed by atoms with van der Waals surface area (Å²) in [5.74, 6) is -0.531. The molecule has 27 heavy (non-hydrogen) atoms. The number of benzene rings is 2. The molecule has 0 fully saturated rings. The number of aromatic nitrogens is 3. The number of H-pyrrole nitrogens is 2. The number of hydrogen-bond acceptors (Lipinski definition) is 2. The molecule has 3 N–H and O–H groups in total. The lowest BCUT2D eigenvalue weighted by Crippen LogP contribution is -2.23. The summed E-state index contributed by atoms with van der Waals surface area (Å²) in [4.78, 5) is 16.0. The summed E-state index contributed by atoms with van der Waals surface area (Å²) in [7, 11) is 0. The molecular weight excluding hydrogens is 343 g/mol. The van der Waals surface area contributed by atoms with Crippen molar-refractivity contribution in [2.45, 2.75) is 19.4 Å². The molecule has 0 aliphatic heterocycles. The molecule has 5 nitrogen and oxygen atoms in total. The van der Waals surface area contributed by atoms with Crippen LogP contribution in [-0.2, 0) is 19.4 Å². The third-order valence-electron chi connectivity index (χ3n) is 5.18. The topological polar surface area (TPSA) is 73.6 Å². The van der Waals surface area contributed by atoms with Crippen molar-refractivity contribution in [1.29, 1.82) is 0 Å². The van der Waals surface area contributed by atoms with Gasteiger partial charge in [0.05, 0.1) is 17.6 Å². The van der Waals surface area contributed by atoms with E-state index in [1.165, 1.54) is 17.2 Å². The van der Waals surface area contributed by atoms with Crippen LogP contribution in [0.2, 0.25) is 0 Å². The molecular formula is C21H17FN4O. The Kier molecular flexibility index (Phi) is 3.57. The van der Waals surface area contributed by atoms with Crippen molar-refractivity contribution in [3.8, 4) is 11.4 Å². The monoisotopic (exact) mass is 360 g/mol. The second kappa shape index (κ2) is 6.09. The van der Waals surface area contributed by atoms with E-state index in [1.807, 2.05) is 18.3 Å². The van der Waals surface area contributed by atoms with E-state index in [9.17, 15) is 9.18 Å². The number of aromatic amines is 2. The highest BCUT2D eigenvalue weighted by atomic mass is 19.1. The van der Waals surface area contributed by atoms with Crippen LogP contribution < -0.4 is 5.32 Å². The zero-order chi connectivity index (χ0) is 18.4. The molecule has 5 rings (SSSR count). The quantitative estimate of drug-likeness (QED) is 0.521. The van der Waals surface area contributed by atoms with Gasteiger partial charge in [-0.25, -0.2) is 4.39 Å². The molecule has 0 radical (unpaired) electrons. The Labute approximate surface area is 154 Å². The number of hydrogen-bond donors (Lipinski definition) is 3. The average Bonchev–Trinajstić information content (AvgIpc) is 3.30. The summed E-state index contributed by atoms with van der Waals surface area (Å²) in [6.07, 6.45) is 3.70. The normalized spacial score (nSPS) is 12.6. The number of aryl methyl sites for hydroxylation is 2. The summed E-state index contributed by atoms with van der Waals surface area (Å²) in [5, 5.41) is 11.0. The van der Waals surface area contributed by atoms with Gasteiger partial charge < -0.3 is 10.3 Å². The predicted octanol–water partition coefficient (Wildman–Crippen LogP) is 3.73. The predicted molar refractivity (Wildman–Crippen MR) is 101 cm³/mol. The van der Waals surface area contributed by atoms with Crippen LogP contribution in [0.5, 0.6) is 0 Å². The fourth-order valence-electron chi connectivity index (χ4n) is 3.76. The van der Waals surface area contributed by atoms with Gasteiger partial charge in [-0.1, -0.05) is 18.2 Å². The minimum absolute atomic E-state index is 0.159. The third kappa shape index (κ3) is 2.61. The molecule has 0 saturated carbocycles. The number of carbonyl (C=O) groups is 1. The summed E-state index contributed by atoms with van der Waals surface area (Å²) in [5.41, 5.74) is 6.51. The maximum Gasteiger partial charge on any atom is 0.251 e. The van der Waals surface area contributed by atoms with Crippen LogP contribution in [-0.4, -0.2) is 21.1 Å². The highest BCUT2D eigenvalue weighted by Gasteiger charge is 2.22. The van der Waals surface area contributed by atoms with Crippen LogP contribution >= 0.6 is 0 Å². The fraction of sp³-hybridized carbons (Fsp3) is 0.143. The molecule has 2 heterocycles. The van der Waals surface area contributed by atoms with Crippen molar-refractivity contribution < 1.29 is 9.18 Å².